The van der Waals surface area contributed by atoms with Crippen LogP contribution in [-0.4, -0.2) is 39.2 Å². The van der Waals surface area contributed by atoms with Crippen molar-refractivity contribution in [3.63, 3.8) is 0 Å². The largest absolute Gasteiger partial charge is 0.487 e. The van der Waals surface area contributed by atoms with Crippen molar-refractivity contribution in [1.82, 2.24) is 4.90 Å². The Labute approximate surface area is 194 Å². The maximum Gasteiger partial charge on any atom is 0.487 e. The van der Waals surface area contributed by atoms with E-state index in [1.807, 2.05) is 39.0 Å². The molecule has 170 valence electrons. The molecule has 10 heteroatoms. The predicted octanol–water partition coefficient (Wildman–Crippen LogP) is 5.45. The number of rotatable bonds is 6. The molecule has 1 atom stereocenters. The number of carbonyl (C=O) groups excluding carboxylic acids is 2. The summed E-state index contributed by atoms with van der Waals surface area (Å²) in [6, 6.07) is 11.1. The zero-order valence-corrected chi connectivity index (χ0v) is 19.3. The fraction of sp³-hybridized carbons (Fsp3) is 0.318. The molecule has 0 aromatic heterocycles. The van der Waals surface area contributed by atoms with Crippen molar-refractivity contribution in [3.8, 4) is 5.75 Å². The molecule has 1 aliphatic rings. The number of aryl methyl sites for hydroxylation is 2. The first-order chi connectivity index (χ1) is 15.1. The molecule has 0 aliphatic carbocycles. The fourth-order valence-corrected chi connectivity index (χ4v) is 4.27. The second-order valence-electron chi connectivity index (χ2n) is 7.17. The first kappa shape index (κ1) is 24.0. The summed E-state index contributed by atoms with van der Waals surface area (Å²) in [5.74, 6) is -0.725. The lowest BCUT2D eigenvalue weighted by atomic mass is 10.1. The molecule has 0 saturated carbocycles. The topological polar surface area (TPSA) is 71.0 Å². The molecule has 6 nitrogen and oxygen atoms in total. The van der Waals surface area contributed by atoms with E-state index in [0.717, 1.165) is 11.1 Å². The summed E-state index contributed by atoms with van der Waals surface area (Å²) < 4.78 is 29.7. The van der Waals surface area contributed by atoms with Crippen molar-refractivity contribution in [2.75, 3.05) is 11.9 Å². The number of halogens is 3. The van der Waals surface area contributed by atoms with E-state index < -0.39 is 10.8 Å². The first-order valence-electron chi connectivity index (χ1n) is 9.85. The summed E-state index contributed by atoms with van der Waals surface area (Å²) in [4.78, 5) is 31.6. The van der Waals surface area contributed by atoms with Gasteiger partial charge in [-0.1, -0.05) is 17.8 Å². The number of hydrogen-bond acceptors (Lipinski definition) is 5. The predicted molar refractivity (Wildman–Crippen MR) is 123 cm³/mol. The molecule has 1 saturated heterocycles. The summed E-state index contributed by atoms with van der Waals surface area (Å²) in [5, 5.41) is 2.47. The van der Waals surface area contributed by atoms with Gasteiger partial charge in [-0.05, 0) is 68.3 Å². The molecule has 1 unspecified atom stereocenters. The molecule has 2 aromatic rings. The Morgan fingerprint density at radius 3 is 2.53 bits per heavy atom. The zero-order chi connectivity index (χ0) is 23.5. The van der Waals surface area contributed by atoms with E-state index in [4.69, 9.17) is 11.6 Å². The van der Waals surface area contributed by atoms with Crippen LogP contribution in [0.3, 0.4) is 0 Å². The molecule has 0 radical (unpaired) electrons. The zero-order valence-electron chi connectivity index (χ0n) is 17.7. The SMILES string of the molecule is CCN1C(=O)CC(C(=O)Nc2ccc(OC(F)(F)Cl)cc2)SC1=Nc1ccc(C)c(C)c1. The molecule has 0 spiro atoms. The van der Waals surface area contributed by atoms with Crippen LogP contribution in [0.2, 0.25) is 0 Å². The van der Waals surface area contributed by atoms with Crippen LogP contribution in [0.15, 0.2) is 47.5 Å². The molecule has 0 bridgehead atoms. The number of nitrogens with one attached hydrogen (secondary N) is 1. The van der Waals surface area contributed by atoms with Gasteiger partial charge in [0.1, 0.15) is 11.0 Å². The van der Waals surface area contributed by atoms with Crippen molar-refractivity contribution >= 4 is 51.7 Å². The van der Waals surface area contributed by atoms with E-state index in [1.165, 1.54) is 36.0 Å². The van der Waals surface area contributed by atoms with Crippen LogP contribution in [0.25, 0.3) is 0 Å². The molecule has 1 fully saturated rings. The molecule has 1 aliphatic heterocycles. The lowest BCUT2D eigenvalue weighted by Gasteiger charge is -2.31. The minimum Gasteiger partial charge on any atom is -0.420 e. The number of amides is 2. The van der Waals surface area contributed by atoms with Crippen LogP contribution in [0.1, 0.15) is 24.5 Å². The van der Waals surface area contributed by atoms with Gasteiger partial charge in [-0.25, -0.2) is 4.99 Å². The van der Waals surface area contributed by atoms with Gasteiger partial charge in [-0.15, -0.1) is 8.78 Å². The maximum absolute atomic E-state index is 12.8. The average Bonchev–Trinajstić information content (AvgIpc) is 2.71. The minimum absolute atomic E-state index is 0.0238. The average molecular weight is 482 g/mol. The smallest absolute Gasteiger partial charge is 0.420 e. The second-order valence-corrected chi connectivity index (χ2v) is 8.78. The molecule has 3 rings (SSSR count). The standard InChI is InChI=1S/C22H22ClF2N3O3S/c1-4-28-19(29)12-18(32-21(28)27-16-6-5-13(2)14(3)11-16)20(30)26-15-7-9-17(10-8-15)31-22(23,24)25/h5-11,18H,4,12H2,1-3H3,(H,26,30). The molecule has 2 aromatic carbocycles. The van der Waals surface area contributed by atoms with Gasteiger partial charge in [0, 0.05) is 30.3 Å². The van der Waals surface area contributed by atoms with Gasteiger partial charge < -0.3 is 10.1 Å². The highest BCUT2D eigenvalue weighted by atomic mass is 35.5. The van der Waals surface area contributed by atoms with Crippen molar-refractivity contribution in [2.45, 2.75) is 38.0 Å². The lowest BCUT2D eigenvalue weighted by molar-refractivity contribution is -0.129. The first-order valence-corrected chi connectivity index (χ1v) is 11.1. The highest BCUT2D eigenvalue weighted by Gasteiger charge is 2.35. The van der Waals surface area contributed by atoms with Gasteiger partial charge in [-0.2, -0.15) is 0 Å². The monoisotopic (exact) mass is 481 g/mol. The highest BCUT2D eigenvalue weighted by Crippen LogP contribution is 2.31. The summed E-state index contributed by atoms with van der Waals surface area (Å²) >= 11 is 5.96. The quantitative estimate of drug-likeness (QED) is 0.557. The molecule has 32 heavy (non-hydrogen) atoms. The van der Waals surface area contributed by atoms with Crippen molar-refractivity contribution in [1.29, 1.82) is 0 Å². The number of alkyl halides is 3. The fourth-order valence-electron chi connectivity index (χ4n) is 3.02. The third-order valence-electron chi connectivity index (χ3n) is 4.82. The van der Waals surface area contributed by atoms with Gasteiger partial charge in [0.05, 0.1) is 5.69 Å². The number of aliphatic imine (C=N–C) groups is 1. The third kappa shape index (κ3) is 6.20. The number of thioether (sulfide) groups is 1. The van der Waals surface area contributed by atoms with E-state index in [9.17, 15) is 18.4 Å². The second kappa shape index (κ2) is 9.87. The number of anilines is 1. The van der Waals surface area contributed by atoms with Crippen LogP contribution in [0, 0.1) is 13.8 Å². The summed E-state index contributed by atoms with van der Waals surface area (Å²) in [7, 11) is 0. The van der Waals surface area contributed by atoms with Crippen LogP contribution in [-0.2, 0) is 9.59 Å². The Balaban J connectivity index is 1.74. The third-order valence-corrected chi connectivity index (χ3v) is 6.08. The van der Waals surface area contributed by atoms with E-state index in [1.54, 1.807) is 4.90 Å². The highest BCUT2D eigenvalue weighted by molar-refractivity contribution is 8.15. The number of ether oxygens (including phenoxy) is 1. The Bertz CT molecular complexity index is 1040. The van der Waals surface area contributed by atoms with Gasteiger partial charge in [0.15, 0.2) is 5.17 Å². The van der Waals surface area contributed by atoms with Crippen LogP contribution in [0.4, 0.5) is 20.2 Å². The van der Waals surface area contributed by atoms with Crippen molar-refractivity contribution in [3.05, 3.63) is 53.6 Å². The van der Waals surface area contributed by atoms with E-state index >= 15 is 0 Å². The van der Waals surface area contributed by atoms with Gasteiger partial charge >= 0.3 is 5.57 Å². The van der Waals surface area contributed by atoms with Gasteiger partial charge in [0.2, 0.25) is 11.8 Å². The molecule has 1 N–H and O–H groups in total. The number of amidine groups is 1. The molecule has 2 amide bonds. The molecule has 1 heterocycles. The Morgan fingerprint density at radius 2 is 1.94 bits per heavy atom. The minimum atomic E-state index is -3.82. The molecular weight excluding hydrogens is 460 g/mol. The Morgan fingerprint density at radius 1 is 1.25 bits per heavy atom. The van der Waals surface area contributed by atoms with E-state index in [0.29, 0.717) is 23.1 Å². The summed E-state index contributed by atoms with van der Waals surface area (Å²) in [6.45, 7) is 6.28. The van der Waals surface area contributed by atoms with Crippen molar-refractivity contribution in [2.24, 2.45) is 4.99 Å². The van der Waals surface area contributed by atoms with Crippen LogP contribution in [0.5, 0.6) is 5.75 Å². The summed E-state index contributed by atoms with van der Waals surface area (Å²) in [6.07, 6.45) is 0.0238. The number of nitrogens with zero attached hydrogens (tertiary/aromatic N) is 2. The number of benzene rings is 2. The van der Waals surface area contributed by atoms with Gasteiger partial charge in [-0.3, -0.25) is 14.5 Å². The van der Waals surface area contributed by atoms with Crippen LogP contribution < -0.4 is 10.1 Å². The normalized spacial score (nSPS) is 18.1. The summed E-state index contributed by atoms with van der Waals surface area (Å²) in [5.41, 5.74) is -0.526. The lowest BCUT2D eigenvalue weighted by Crippen LogP contribution is -2.45. The number of hydrogen-bond donors (Lipinski definition) is 1. The van der Waals surface area contributed by atoms with E-state index in [2.05, 4.69) is 15.0 Å². The maximum atomic E-state index is 12.8. The van der Waals surface area contributed by atoms with Crippen LogP contribution >= 0.6 is 23.4 Å². The Hall–Kier alpha value is -2.65. The van der Waals surface area contributed by atoms with Gasteiger partial charge in [0.25, 0.3) is 0 Å². The van der Waals surface area contributed by atoms with E-state index in [-0.39, 0.29) is 24.0 Å². The number of carbonyl (C=O) groups is 2. The Kier molecular flexibility index (Phi) is 7.40. The molecular formula is C22H22ClF2N3O3S. The van der Waals surface area contributed by atoms with Crippen molar-refractivity contribution < 1.29 is 23.1 Å².